The van der Waals surface area contributed by atoms with Crippen LogP contribution in [0.4, 0.5) is 0 Å². The Balaban J connectivity index is 1.67. The van der Waals surface area contributed by atoms with Crippen molar-refractivity contribution in [2.24, 2.45) is 0 Å². The lowest BCUT2D eigenvalue weighted by Gasteiger charge is -2.13. The Bertz CT molecular complexity index is 566. The van der Waals surface area contributed by atoms with Gasteiger partial charge in [0.1, 0.15) is 24.2 Å². The average Bonchev–Trinajstić information content (AvgIpc) is 2.54. The van der Waals surface area contributed by atoms with Crippen molar-refractivity contribution in [2.75, 3.05) is 20.3 Å². The molecule has 0 aliphatic heterocycles. The number of rotatable bonds is 8. The Morgan fingerprint density at radius 3 is 2.45 bits per heavy atom. The van der Waals surface area contributed by atoms with Crippen LogP contribution in [0, 0.1) is 6.92 Å². The topological polar surface area (TPSA) is 47.9 Å². The third kappa shape index (κ3) is 5.39. The van der Waals surface area contributed by atoms with Gasteiger partial charge in [0.05, 0.1) is 20.3 Å². The van der Waals surface area contributed by atoms with Crippen LogP contribution in [-0.2, 0) is 11.3 Å². The molecule has 1 atom stereocenters. The quantitative estimate of drug-likeness (QED) is 0.814. The fourth-order valence-electron chi connectivity index (χ4n) is 1.98. The normalized spacial score (nSPS) is 12.0. The van der Waals surface area contributed by atoms with Gasteiger partial charge in [-0.15, -0.1) is 0 Å². The largest absolute Gasteiger partial charge is 0.497 e. The predicted molar refractivity (Wildman–Crippen MR) is 85.3 cm³/mol. The van der Waals surface area contributed by atoms with Crippen LogP contribution in [-0.4, -0.2) is 31.5 Å². The summed E-state index contributed by atoms with van der Waals surface area (Å²) in [5, 5.41) is 9.87. The summed E-state index contributed by atoms with van der Waals surface area (Å²) in [6.07, 6.45) is -0.654. The van der Waals surface area contributed by atoms with E-state index in [9.17, 15) is 5.11 Å². The van der Waals surface area contributed by atoms with Crippen molar-refractivity contribution in [3.63, 3.8) is 0 Å². The second-order valence-corrected chi connectivity index (χ2v) is 5.14. The molecule has 0 spiro atoms. The minimum Gasteiger partial charge on any atom is -0.497 e. The van der Waals surface area contributed by atoms with Crippen molar-refractivity contribution in [3.8, 4) is 11.5 Å². The van der Waals surface area contributed by atoms with E-state index in [1.54, 1.807) is 7.11 Å². The van der Waals surface area contributed by atoms with Gasteiger partial charge in [-0.2, -0.15) is 0 Å². The third-order valence-corrected chi connectivity index (χ3v) is 3.17. The standard InChI is InChI=1S/C18H22O4/c1-14-4-3-5-18(10-14)22-13-16(19)12-21-11-15-6-8-17(20-2)9-7-15/h3-10,16,19H,11-13H2,1-2H3. The van der Waals surface area contributed by atoms with E-state index >= 15 is 0 Å². The minimum atomic E-state index is -0.654. The summed E-state index contributed by atoms with van der Waals surface area (Å²) >= 11 is 0. The molecule has 0 aromatic heterocycles. The molecule has 0 saturated heterocycles. The predicted octanol–water partition coefficient (Wildman–Crippen LogP) is 2.96. The summed E-state index contributed by atoms with van der Waals surface area (Å²) in [4.78, 5) is 0. The van der Waals surface area contributed by atoms with Crippen molar-refractivity contribution in [2.45, 2.75) is 19.6 Å². The van der Waals surface area contributed by atoms with Gasteiger partial charge in [-0.05, 0) is 42.3 Å². The van der Waals surface area contributed by atoms with E-state index in [0.717, 1.165) is 22.6 Å². The number of hydrogen-bond acceptors (Lipinski definition) is 4. The van der Waals surface area contributed by atoms with E-state index in [0.29, 0.717) is 6.61 Å². The third-order valence-electron chi connectivity index (χ3n) is 3.17. The highest BCUT2D eigenvalue weighted by atomic mass is 16.5. The van der Waals surface area contributed by atoms with E-state index in [-0.39, 0.29) is 13.2 Å². The molecule has 2 rings (SSSR count). The molecule has 0 radical (unpaired) electrons. The second-order valence-electron chi connectivity index (χ2n) is 5.14. The van der Waals surface area contributed by atoms with Crippen LogP contribution < -0.4 is 9.47 Å². The smallest absolute Gasteiger partial charge is 0.119 e. The van der Waals surface area contributed by atoms with Gasteiger partial charge in [0.25, 0.3) is 0 Å². The monoisotopic (exact) mass is 302 g/mol. The zero-order valence-electron chi connectivity index (χ0n) is 13.0. The Morgan fingerprint density at radius 1 is 1.00 bits per heavy atom. The number of methoxy groups -OCH3 is 1. The van der Waals surface area contributed by atoms with Crippen LogP contribution in [0.15, 0.2) is 48.5 Å². The first-order valence-electron chi connectivity index (χ1n) is 7.25. The summed E-state index contributed by atoms with van der Waals surface area (Å²) < 4.78 is 16.1. The number of aryl methyl sites for hydroxylation is 1. The van der Waals surface area contributed by atoms with Crippen molar-refractivity contribution < 1.29 is 19.3 Å². The molecule has 0 fully saturated rings. The zero-order chi connectivity index (χ0) is 15.8. The molecule has 2 aromatic rings. The maximum atomic E-state index is 9.87. The van der Waals surface area contributed by atoms with Gasteiger partial charge in [-0.3, -0.25) is 0 Å². The SMILES string of the molecule is COc1ccc(COCC(O)COc2cccc(C)c2)cc1. The van der Waals surface area contributed by atoms with Crippen LogP contribution in [0.25, 0.3) is 0 Å². The Morgan fingerprint density at radius 2 is 1.77 bits per heavy atom. The number of benzene rings is 2. The van der Waals surface area contributed by atoms with Crippen LogP contribution in [0.1, 0.15) is 11.1 Å². The second kappa shape index (κ2) is 8.41. The maximum Gasteiger partial charge on any atom is 0.119 e. The van der Waals surface area contributed by atoms with Gasteiger partial charge >= 0.3 is 0 Å². The highest BCUT2D eigenvalue weighted by molar-refractivity contribution is 5.27. The molecule has 2 aromatic carbocycles. The number of aliphatic hydroxyl groups excluding tert-OH is 1. The fourth-order valence-corrected chi connectivity index (χ4v) is 1.98. The minimum absolute atomic E-state index is 0.214. The average molecular weight is 302 g/mol. The van der Waals surface area contributed by atoms with Gasteiger partial charge in [-0.1, -0.05) is 24.3 Å². The summed E-state index contributed by atoms with van der Waals surface area (Å²) in [5.74, 6) is 1.57. The first-order chi connectivity index (χ1) is 10.7. The van der Waals surface area contributed by atoms with Crippen LogP contribution in [0.2, 0.25) is 0 Å². The molecule has 0 bridgehead atoms. The van der Waals surface area contributed by atoms with Gasteiger partial charge in [0.15, 0.2) is 0 Å². The molecule has 1 unspecified atom stereocenters. The number of ether oxygens (including phenoxy) is 3. The van der Waals surface area contributed by atoms with E-state index in [1.165, 1.54) is 0 Å². The lowest BCUT2D eigenvalue weighted by atomic mass is 10.2. The molecule has 0 heterocycles. The van der Waals surface area contributed by atoms with E-state index in [2.05, 4.69) is 0 Å². The molecule has 0 saturated carbocycles. The van der Waals surface area contributed by atoms with Crippen molar-refractivity contribution >= 4 is 0 Å². The molecule has 1 N–H and O–H groups in total. The molecule has 0 aliphatic rings. The summed E-state index contributed by atoms with van der Waals surface area (Å²) in [6, 6.07) is 15.4. The van der Waals surface area contributed by atoms with E-state index in [4.69, 9.17) is 14.2 Å². The number of hydrogen-bond donors (Lipinski definition) is 1. The van der Waals surface area contributed by atoms with Crippen molar-refractivity contribution in [3.05, 3.63) is 59.7 Å². The van der Waals surface area contributed by atoms with Gasteiger partial charge in [0, 0.05) is 0 Å². The van der Waals surface area contributed by atoms with Crippen LogP contribution in [0.5, 0.6) is 11.5 Å². The molecule has 118 valence electrons. The first kappa shape index (κ1) is 16.3. The molecule has 0 aliphatic carbocycles. The molecule has 4 nitrogen and oxygen atoms in total. The fraction of sp³-hybridized carbons (Fsp3) is 0.333. The molecular weight excluding hydrogens is 280 g/mol. The molecule has 4 heteroatoms. The summed E-state index contributed by atoms with van der Waals surface area (Å²) in [6.45, 7) is 2.90. The molecule has 22 heavy (non-hydrogen) atoms. The zero-order valence-corrected chi connectivity index (χ0v) is 13.0. The van der Waals surface area contributed by atoms with Gasteiger partial charge in [-0.25, -0.2) is 0 Å². The van der Waals surface area contributed by atoms with Crippen molar-refractivity contribution in [1.29, 1.82) is 0 Å². The van der Waals surface area contributed by atoms with Crippen LogP contribution >= 0.6 is 0 Å². The maximum absolute atomic E-state index is 9.87. The van der Waals surface area contributed by atoms with E-state index < -0.39 is 6.10 Å². The molecule has 0 amide bonds. The Hall–Kier alpha value is -2.04. The lowest BCUT2D eigenvalue weighted by Crippen LogP contribution is -2.23. The highest BCUT2D eigenvalue weighted by Gasteiger charge is 2.06. The number of aliphatic hydroxyl groups is 1. The summed E-state index contributed by atoms with van der Waals surface area (Å²) in [5.41, 5.74) is 2.16. The summed E-state index contributed by atoms with van der Waals surface area (Å²) in [7, 11) is 1.64. The van der Waals surface area contributed by atoms with Gasteiger partial charge in [0.2, 0.25) is 0 Å². The Kier molecular flexibility index (Phi) is 6.25. The molecular formula is C18H22O4. The Labute approximate surface area is 131 Å². The van der Waals surface area contributed by atoms with Crippen molar-refractivity contribution in [1.82, 2.24) is 0 Å². The highest BCUT2D eigenvalue weighted by Crippen LogP contribution is 2.13. The van der Waals surface area contributed by atoms with E-state index in [1.807, 2.05) is 55.5 Å². The van der Waals surface area contributed by atoms with Crippen LogP contribution in [0.3, 0.4) is 0 Å². The van der Waals surface area contributed by atoms with Gasteiger partial charge < -0.3 is 19.3 Å². The first-order valence-corrected chi connectivity index (χ1v) is 7.25. The lowest BCUT2D eigenvalue weighted by molar-refractivity contribution is 0.00547.